The van der Waals surface area contributed by atoms with Crippen LogP contribution in [0, 0.1) is 0 Å². The van der Waals surface area contributed by atoms with E-state index >= 15 is 0 Å². The SMILES string of the molecule is COc1ccc(OC)c(N(CC(=O)N(Cc2ccc(Cl)c(Cl)c2)[C@H](C)C(=O)NC(C)(C)C)S(=O)(=O)c2ccc(OC)c(OC)c2)c1. The zero-order chi connectivity index (χ0) is 34.4. The molecule has 46 heavy (non-hydrogen) atoms. The average Bonchev–Trinajstić information content (AvgIpc) is 3.01. The zero-order valence-corrected chi connectivity index (χ0v) is 29.3. The summed E-state index contributed by atoms with van der Waals surface area (Å²) in [5, 5.41) is 3.46. The summed E-state index contributed by atoms with van der Waals surface area (Å²) in [4.78, 5) is 28.8. The molecule has 1 atom stereocenters. The van der Waals surface area contributed by atoms with Crippen LogP contribution in [0.4, 0.5) is 5.69 Å². The first-order valence-electron chi connectivity index (χ1n) is 14.1. The third kappa shape index (κ3) is 8.68. The summed E-state index contributed by atoms with van der Waals surface area (Å²) in [5.74, 6) is -0.157. The van der Waals surface area contributed by atoms with Crippen LogP contribution >= 0.6 is 23.2 Å². The van der Waals surface area contributed by atoms with Crippen LogP contribution in [0.2, 0.25) is 10.0 Å². The minimum Gasteiger partial charge on any atom is -0.497 e. The molecule has 14 heteroatoms. The largest absolute Gasteiger partial charge is 0.497 e. The van der Waals surface area contributed by atoms with E-state index in [9.17, 15) is 18.0 Å². The molecule has 0 unspecified atom stereocenters. The zero-order valence-electron chi connectivity index (χ0n) is 27.0. The Morgan fingerprint density at radius 2 is 1.46 bits per heavy atom. The van der Waals surface area contributed by atoms with Crippen molar-refractivity contribution >= 4 is 50.7 Å². The van der Waals surface area contributed by atoms with Gasteiger partial charge in [-0.1, -0.05) is 29.3 Å². The molecule has 0 bridgehead atoms. The number of benzene rings is 3. The average molecular weight is 697 g/mol. The Labute approximate surface area is 280 Å². The van der Waals surface area contributed by atoms with E-state index in [0.717, 1.165) is 4.31 Å². The van der Waals surface area contributed by atoms with Gasteiger partial charge in [-0.3, -0.25) is 13.9 Å². The number of methoxy groups -OCH3 is 4. The molecule has 3 aromatic carbocycles. The quantitative estimate of drug-likeness (QED) is 0.247. The Bertz CT molecular complexity index is 1680. The van der Waals surface area contributed by atoms with Gasteiger partial charge in [0.05, 0.1) is 49.1 Å². The Morgan fingerprint density at radius 1 is 0.826 bits per heavy atom. The molecule has 2 amide bonds. The molecule has 0 aliphatic carbocycles. The van der Waals surface area contributed by atoms with Crippen LogP contribution in [-0.4, -0.2) is 71.7 Å². The van der Waals surface area contributed by atoms with Gasteiger partial charge in [0, 0.05) is 24.2 Å². The molecule has 3 rings (SSSR count). The van der Waals surface area contributed by atoms with Gasteiger partial charge in [-0.25, -0.2) is 8.42 Å². The molecule has 0 saturated heterocycles. The number of hydrogen-bond acceptors (Lipinski definition) is 8. The second-order valence-corrected chi connectivity index (χ2v) is 13.9. The van der Waals surface area contributed by atoms with Gasteiger partial charge in [-0.15, -0.1) is 0 Å². The number of nitrogens with zero attached hydrogens (tertiary/aromatic N) is 2. The molecule has 3 aromatic rings. The standard InChI is InChI=1S/C32H39Cl2N3O8S/c1-20(31(39)35-32(2,3)4)36(18-21-9-12-24(33)25(34)15-21)30(38)19-37(26-16-22(42-5)10-13-27(26)43-6)46(40,41)23-11-14-28(44-7)29(17-23)45-8/h9-17,20H,18-19H2,1-8H3,(H,35,39)/t20-/m1/s1. The fourth-order valence-electron chi connectivity index (χ4n) is 4.50. The number of carbonyl (C=O) groups is 2. The molecule has 0 saturated carbocycles. The van der Waals surface area contributed by atoms with Crippen LogP contribution in [0.25, 0.3) is 0 Å². The predicted octanol–water partition coefficient (Wildman–Crippen LogP) is 5.56. The van der Waals surface area contributed by atoms with Crippen molar-refractivity contribution in [3.8, 4) is 23.0 Å². The highest BCUT2D eigenvalue weighted by molar-refractivity contribution is 7.92. The van der Waals surface area contributed by atoms with E-state index in [1.165, 1.54) is 63.7 Å². The van der Waals surface area contributed by atoms with Crippen LogP contribution in [0.1, 0.15) is 33.3 Å². The Hall–Kier alpha value is -3.87. The summed E-state index contributed by atoms with van der Waals surface area (Å²) in [6.45, 7) is 6.22. The van der Waals surface area contributed by atoms with Gasteiger partial charge < -0.3 is 29.2 Å². The number of nitrogens with one attached hydrogen (secondary N) is 1. The van der Waals surface area contributed by atoms with E-state index in [4.69, 9.17) is 42.1 Å². The summed E-state index contributed by atoms with van der Waals surface area (Å²) in [6.07, 6.45) is 0. The maximum Gasteiger partial charge on any atom is 0.265 e. The number of rotatable bonds is 13. The topological polar surface area (TPSA) is 124 Å². The van der Waals surface area contributed by atoms with Crippen molar-refractivity contribution in [3.05, 3.63) is 70.2 Å². The lowest BCUT2D eigenvalue weighted by atomic mass is 10.1. The van der Waals surface area contributed by atoms with Crippen molar-refractivity contribution in [3.63, 3.8) is 0 Å². The third-order valence-electron chi connectivity index (χ3n) is 6.88. The van der Waals surface area contributed by atoms with Crippen LogP contribution in [0.3, 0.4) is 0 Å². The molecule has 11 nitrogen and oxygen atoms in total. The van der Waals surface area contributed by atoms with E-state index in [-0.39, 0.29) is 33.6 Å². The molecule has 0 radical (unpaired) electrons. The highest BCUT2D eigenvalue weighted by Gasteiger charge is 2.35. The fourth-order valence-corrected chi connectivity index (χ4v) is 6.25. The van der Waals surface area contributed by atoms with E-state index in [1.807, 2.05) is 20.8 Å². The minimum atomic E-state index is -4.48. The van der Waals surface area contributed by atoms with E-state index in [1.54, 1.807) is 31.2 Å². The smallest absolute Gasteiger partial charge is 0.265 e. The lowest BCUT2D eigenvalue weighted by Crippen LogP contribution is -2.54. The number of hydrogen-bond donors (Lipinski definition) is 1. The summed E-state index contributed by atoms with van der Waals surface area (Å²) < 4.78 is 51.2. The van der Waals surface area contributed by atoms with Crippen molar-refractivity contribution < 1.29 is 37.0 Å². The van der Waals surface area contributed by atoms with Crippen molar-refractivity contribution in [2.75, 3.05) is 39.3 Å². The highest BCUT2D eigenvalue weighted by Crippen LogP contribution is 2.38. The second kappa shape index (κ2) is 15.1. The Kier molecular flexibility index (Phi) is 12.0. The van der Waals surface area contributed by atoms with Gasteiger partial charge in [-0.2, -0.15) is 0 Å². The van der Waals surface area contributed by atoms with Crippen molar-refractivity contribution in [2.45, 2.75) is 50.7 Å². The molecule has 0 fully saturated rings. The second-order valence-electron chi connectivity index (χ2n) is 11.3. The number of ether oxygens (including phenoxy) is 4. The molecule has 250 valence electrons. The predicted molar refractivity (Wildman–Crippen MR) is 178 cm³/mol. The summed E-state index contributed by atoms with van der Waals surface area (Å²) in [5.41, 5.74) is 0.0121. The van der Waals surface area contributed by atoms with Crippen LogP contribution in [0.5, 0.6) is 23.0 Å². The first-order chi connectivity index (χ1) is 21.6. The van der Waals surface area contributed by atoms with Crippen LogP contribution < -0.4 is 28.6 Å². The minimum absolute atomic E-state index is 0.0336. The summed E-state index contributed by atoms with van der Waals surface area (Å²) in [7, 11) is 1.13. The normalized spacial score (nSPS) is 12.1. The number of halogens is 2. The molecule has 1 N–H and O–H groups in total. The maximum atomic E-state index is 14.4. The van der Waals surface area contributed by atoms with Gasteiger partial charge in [0.25, 0.3) is 10.0 Å². The Balaban J connectivity index is 2.19. The molecule has 0 spiro atoms. The monoisotopic (exact) mass is 695 g/mol. The number of sulfonamides is 1. The van der Waals surface area contributed by atoms with E-state index in [2.05, 4.69) is 5.32 Å². The van der Waals surface area contributed by atoms with Crippen LogP contribution in [0.15, 0.2) is 59.5 Å². The van der Waals surface area contributed by atoms with Crippen LogP contribution in [-0.2, 0) is 26.2 Å². The van der Waals surface area contributed by atoms with Crippen molar-refractivity contribution in [2.24, 2.45) is 0 Å². The molecule has 0 aromatic heterocycles. The number of anilines is 1. The van der Waals surface area contributed by atoms with Crippen molar-refractivity contribution in [1.29, 1.82) is 0 Å². The fraction of sp³-hybridized carbons (Fsp3) is 0.375. The molecular weight excluding hydrogens is 657 g/mol. The lowest BCUT2D eigenvalue weighted by Gasteiger charge is -2.34. The van der Waals surface area contributed by atoms with E-state index in [0.29, 0.717) is 22.1 Å². The molecular formula is C32H39Cl2N3O8S. The van der Waals surface area contributed by atoms with Crippen molar-refractivity contribution in [1.82, 2.24) is 10.2 Å². The van der Waals surface area contributed by atoms with Gasteiger partial charge >= 0.3 is 0 Å². The molecule has 0 aliphatic heterocycles. The first kappa shape index (κ1) is 36.6. The molecule has 0 aliphatic rings. The number of amides is 2. The lowest BCUT2D eigenvalue weighted by molar-refractivity contribution is -0.140. The maximum absolute atomic E-state index is 14.4. The van der Waals surface area contributed by atoms with Gasteiger partial charge in [0.1, 0.15) is 24.1 Å². The van der Waals surface area contributed by atoms with Gasteiger partial charge in [-0.05, 0) is 69.7 Å². The third-order valence-corrected chi connectivity index (χ3v) is 9.37. The summed E-state index contributed by atoms with van der Waals surface area (Å²) >= 11 is 12.4. The number of carbonyl (C=O) groups excluding carboxylic acids is 2. The summed E-state index contributed by atoms with van der Waals surface area (Å²) in [6, 6.07) is 12.5. The highest BCUT2D eigenvalue weighted by atomic mass is 35.5. The van der Waals surface area contributed by atoms with E-state index < -0.39 is 40.0 Å². The Morgan fingerprint density at radius 3 is 2.02 bits per heavy atom. The first-order valence-corrected chi connectivity index (χ1v) is 16.3. The van der Waals surface area contributed by atoms with Gasteiger partial charge in [0.15, 0.2) is 11.5 Å². The van der Waals surface area contributed by atoms with Gasteiger partial charge in [0.2, 0.25) is 11.8 Å². The molecule has 0 heterocycles.